The average Bonchev–Trinajstić information content (AvgIpc) is 3.26. The Morgan fingerprint density at radius 1 is 0.362 bits per heavy atom. The number of nitrogens with two attached hydrogens (primary N) is 2. The largest absolute Gasteiger partial charge is 0.494 e. The third-order valence-electron chi connectivity index (χ3n) is 9.83. The van der Waals surface area contributed by atoms with Crippen LogP contribution in [0.3, 0.4) is 0 Å². The van der Waals surface area contributed by atoms with Crippen LogP contribution in [0.15, 0.2) is 133 Å². The van der Waals surface area contributed by atoms with Gasteiger partial charge in [-0.2, -0.15) is 10.5 Å². The summed E-state index contributed by atoms with van der Waals surface area (Å²) in [5.74, 6) is 3.16. The van der Waals surface area contributed by atoms with Crippen molar-refractivity contribution < 1.29 is 18.9 Å². The molecule has 0 heterocycles. The summed E-state index contributed by atoms with van der Waals surface area (Å²) in [6.07, 6.45) is 7.86. The van der Waals surface area contributed by atoms with Crippen molar-refractivity contribution in [3.8, 4) is 68.5 Å². The highest BCUT2D eigenvalue weighted by atomic mass is 16.5. The van der Waals surface area contributed by atoms with E-state index in [0.717, 1.165) is 108 Å². The summed E-state index contributed by atoms with van der Waals surface area (Å²) >= 11 is 0. The van der Waals surface area contributed by atoms with Gasteiger partial charge < -0.3 is 30.4 Å². The number of nitriles is 2. The molecule has 0 spiro atoms. The van der Waals surface area contributed by atoms with Crippen molar-refractivity contribution in [1.29, 1.82) is 10.5 Å². The van der Waals surface area contributed by atoms with E-state index in [1.807, 2.05) is 133 Å². The second-order valence-corrected chi connectivity index (χ2v) is 14.2. The van der Waals surface area contributed by atoms with E-state index in [9.17, 15) is 0 Å². The molecule has 0 fully saturated rings. The number of unbranched alkanes of at least 4 members (excludes halogenated alkanes) is 6. The Labute approximate surface area is 342 Å². The fourth-order valence-corrected chi connectivity index (χ4v) is 6.58. The van der Waals surface area contributed by atoms with E-state index >= 15 is 0 Å². The van der Waals surface area contributed by atoms with Crippen LogP contribution in [0.2, 0.25) is 0 Å². The van der Waals surface area contributed by atoms with E-state index in [1.54, 1.807) is 0 Å². The molecule has 8 nitrogen and oxygen atoms in total. The molecule has 0 radical (unpaired) electrons. The first kappa shape index (κ1) is 40.8. The average molecular weight is 771 g/mol. The van der Waals surface area contributed by atoms with Gasteiger partial charge in [0.1, 0.15) is 23.0 Å². The van der Waals surface area contributed by atoms with Gasteiger partial charge in [-0.15, -0.1) is 0 Å². The minimum absolute atomic E-state index is 0.576. The summed E-state index contributed by atoms with van der Waals surface area (Å²) in [7, 11) is 0. The number of anilines is 2. The molecule has 6 rings (SSSR count). The lowest BCUT2D eigenvalue weighted by Gasteiger charge is -2.17. The van der Waals surface area contributed by atoms with E-state index in [1.165, 1.54) is 0 Å². The molecule has 8 heteroatoms. The monoisotopic (exact) mass is 770 g/mol. The summed E-state index contributed by atoms with van der Waals surface area (Å²) < 4.78 is 24.6. The highest BCUT2D eigenvalue weighted by molar-refractivity contribution is 5.79. The zero-order chi connectivity index (χ0) is 40.4. The van der Waals surface area contributed by atoms with Gasteiger partial charge >= 0.3 is 0 Å². The first-order chi connectivity index (χ1) is 28.5. The number of benzene rings is 6. The smallest absolute Gasteiger partial charge is 0.129 e. The summed E-state index contributed by atoms with van der Waals surface area (Å²) in [6, 6.07) is 47.1. The summed E-state index contributed by atoms with van der Waals surface area (Å²) in [5.41, 5.74) is 21.1. The molecular weight excluding hydrogens is 721 g/mol. The zero-order valence-electron chi connectivity index (χ0n) is 32.9. The van der Waals surface area contributed by atoms with Crippen molar-refractivity contribution in [2.75, 3.05) is 37.9 Å². The number of nitrogen functional groups attached to an aromatic ring is 2. The van der Waals surface area contributed by atoms with Crippen LogP contribution in [-0.2, 0) is 0 Å². The normalized spacial score (nSPS) is 10.7. The van der Waals surface area contributed by atoms with Crippen LogP contribution in [0, 0.1) is 22.7 Å². The van der Waals surface area contributed by atoms with Gasteiger partial charge in [0.25, 0.3) is 0 Å². The molecule has 0 aliphatic heterocycles. The standard InChI is InChI=1S/C50H50N4O4/c51-35-37-9-13-39(14-10-37)41-17-23-45(24-18-41)55-29-5-1-3-7-31-57-49-33-43(53)21-27-47(49)48-28-22-44(54)34-50(48)58-32-8-4-2-6-30-56-46-25-19-42(20-26-46)40-15-11-38(36-52)12-16-40/h9-28,33-34H,1-8,29-32,53-54H2. The van der Waals surface area contributed by atoms with Gasteiger partial charge in [0.15, 0.2) is 0 Å². The molecule has 0 aliphatic carbocycles. The first-order valence-corrected chi connectivity index (χ1v) is 20.0. The quantitative estimate of drug-likeness (QED) is 0.0545. The van der Waals surface area contributed by atoms with Gasteiger partial charge in [0.05, 0.1) is 49.7 Å². The lowest BCUT2D eigenvalue weighted by molar-refractivity contribution is 0.286. The number of hydrogen-bond donors (Lipinski definition) is 2. The number of hydrogen-bond acceptors (Lipinski definition) is 8. The highest BCUT2D eigenvalue weighted by Gasteiger charge is 2.14. The van der Waals surface area contributed by atoms with E-state index in [0.29, 0.717) is 48.9 Å². The summed E-state index contributed by atoms with van der Waals surface area (Å²) in [5, 5.41) is 18.0. The predicted octanol–water partition coefficient (Wildman–Crippen LogP) is 11.6. The van der Waals surface area contributed by atoms with Gasteiger partial charge in [-0.3, -0.25) is 0 Å². The second kappa shape index (κ2) is 21.4. The van der Waals surface area contributed by atoms with Crippen molar-refractivity contribution >= 4 is 11.4 Å². The first-order valence-electron chi connectivity index (χ1n) is 20.0. The van der Waals surface area contributed by atoms with E-state index in [2.05, 4.69) is 12.1 Å². The lowest BCUT2D eigenvalue weighted by atomic mass is 10.0. The Hall–Kier alpha value is -6.90. The minimum atomic E-state index is 0.576. The van der Waals surface area contributed by atoms with Gasteiger partial charge in [-0.25, -0.2) is 0 Å². The topological polar surface area (TPSA) is 137 Å². The molecule has 58 heavy (non-hydrogen) atoms. The molecule has 0 saturated heterocycles. The Kier molecular flexibility index (Phi) is 15.0. The van der Waals surface area contributed by atoms with E-state index in [-0.39, 0.29) is 0 Å². The molecule has 0 saturated carbocycles. The number of ether oxygens (including phenoxy) is 4. The number of rotatable bonds is 21. The summed E-state index contributed by atoms with van der Waals surface area (Å²) in [4.78, 5) is 0. The fourth-order valence-electron chi connectivity index (χ4n) is 6.58. The molecule has 0 unspecified atom stereocenters. The second-order valence-electron chi connectivity index (χ2n) is 14.2. The molecule has 294 valence electrons. The maximum absolute atomic E-state index is 9.02. The van der Waals surface area contributed by atoms with Crippen molar-refractivity contribution in [3.63, 3.8) is 0 Å². The predicted molar refractivity (Wildman–Crippen MR) is 233 cm³/mol. The van der Waals surface area contributed by atoms with Crippen LogP contribution < -0.4 is 30.4 Å². The molecule has 0 bridgehead atoms. The van der Waals surface area contributed by atoms with Gasteiger partial charge in [0, 0.05) is 34.6 Å². The molecule has 4 N–H and O–H groups in total. The Bertz CT molecular complexity index is 2110. The molecule has 0 atom stereocenters. The van der Waals surface area contributed by atoms with Crippen LogP contribution >= 0.6 is 0 Å². The van der Waals surface area contributed by atoms with Crippen LogP contribution in [0.5, 0.6) is 23.0 Å². The SMILES string of the molecule is N#Cc1ccc(-c2ccc(OCCCCCCOc3cc(N)ccc3-c3ccc(N)cc3OCCCCCCOc3ccc(-c4ccc(C#N)cc4)cc3)cc2)cc1. The lowest BCUT2D eigenvalue weighted by Crippen LogP contribution is -2.03. The Morgan fingerprint density at radius 2 is 0.672 bits per heavy atom. The third kappa shape index (κ3) is 12.0. The molecule has 6 aromatic carbocycles. The van der Waals surface area contributed by atoms with Gasteiger partial charge in [-0.1, -0.05) is 48.5 Å². The van der Waals surface area contributed by atoms with E-state index < -0.39 is 0 Å². The minimum Gasteiger partial charge on any atom is -0.494 e. The zero-order valence-corrected chi connectivity index (χ0v) is 32.9. The van der Waals surface area contributed by atoms with Crippen LogP contribution in [0.1, 0.15) is 62.5 Å². The number of nitrogens with zero attached hydrogens (tertiary/aromatic N) is 2. The maximum Gasteiger partial charge on any atom is 0.129 e. The summed E-state index contributed by atoms with van der Waals surface area (Å²) in [6.45, 7) is 2.46. The molecule has 0 aliphatic rings. The van der Waals surface area contributed by atoms with Crippen molar-refractivity contribution in [2.45, 2.75) is 51.4 Å². The molecule has 0 amide bonds. The highest BCUT2D eigenvalue weighted by Crippen LogP contribution is 2.39. The Balaban J connectivity index is 0.880. The maximum atomic E-state index is 9.02. The van der Waals surface area contributed by atoms with Gasteiger partial charge in [-0.05, 0) is 146 Å². The molecule has 6 aromatic rings. The Morgan fingerprint density at radius 3 is 1.00 bits per heavy atom. The van der Waals surface area contributed by atoms with E-state index in [4.69, 9.17) is 40.9 Å². The van der Waals surface area contributed by atoms with Crippen molar-refractivity contribution in [2.24, 2.45) is 0 Å². The van der Waals surface area contributed by atoms with Gasteiger partial charge in [0.2, 0.25) is 0 Å². The van der Waals surface area contributed by atoms with Crippen LogP contribution in [0.4, 0.5) is 11.4 Å². The third-order valence-corrected chi connectivity index (χ3v) is 9.83. The van der Waals surface area contributed by atoms with Crippen LogP contribution in [-0.4, -0.2) is 26.4 Å². The fraction of sp³-hybridized carbons (Fsp3) is 0.240. The van der Waals surface area contributed by atoms with Crippen molar-refractivity contribution in [3.05, 3.63) is 145 Å². The molecule has 0 aromatic heterocycles. The molecular formula is C50H50N4O4. The van der Waals surface area contributed by atoms with Crippen molar-refractivity contribution in [1.82, 2.24) is 0 Å². The van der Waals surface area contributed by atoms with Crippen LogP contribution in [0.25, 0.3) is 33.4 Å².